The van der Waals surface area contributed by atoms with Gasteiger partial charge in [0, 0.05) is 17.6 Å². The minimum atomic E-state index is -3.73. The van der Waals surface area contributed by atoms with Crippen molar-refractivity contribution in [3.63, 3.8) is 0 Å². The molecule has 0 bridgehead atoms. The van der Waals surface area contributed by atoms with Crippen LogP contribution in [0.3, 0.4) is 0 Å². The largest absolute Gasteiger partial charge is 0.310 e. The monoisotopic (exact) mass is 276 g/mol. The van der Waals surface area contributed by atoms with Gasteiger partial charge in [0.25, 0.3) is 0 Å². The van der Waals surface area contributed by atoms with Gasteiger partial charge in [0.1, 0.15) is 0 Å². The molecule has 0 unspecified atom stereocenters. The van der Waals surface area contributed by atoms with Crippen LogP contribution >= 0.6 is 11.6 Å². The summed E-state index contributed by atoms with van der Waals surface area (Å²) in [5.41, 5.74) is 1.49. The zero-order valence-electron chi connectivity index (χ0n) is 10.1. The number of nitrogens with two attached hydrogens (primary N) is 1. The SMILES string of the molecule is Cc1c(CNC(C)C)cc(Cl)cc1S(N)(=O)=O. The minimum absolute atomic E-state index is 0.0885. The molecular weight excluding hydrogens is 260 g/mol. The predicted molar refractivity (Wildman–Crippen MR) is 69.5 cm³/mol. The minimum Gasteiger partial charge on any atom is -0.310 e. The molecule has 6 heteroatoms. The van der Waals surface area contributed by atoms with Crippen LogP contribution in [-0.2, 0) is 16.6 Å². The van der Waals surface area contributed by atoms with E-state index < -0.39 is 10.0 Å². The first-order valence-corrected chi connectivity index (χ1v) is 7.19. The molecule has 3 N–H and O–H groups in total. The lowest BCUT2D eigenvalue weighted by molar-refractivity contribution is 0.584. The molecule has 1 aromatic rings. The first-order chi connectivity index (χ1) is 7.71. The molecule has 0 amide bonds. The molecule has 4 nitrogen and oxygen atoms in total. The van der Waals surface area contributed by atoms with Crippen molar-refractivity contribution < 1.29 is 8.42 Å². The Balaban J connectivity index is 3.20. The standard InChI is InChI=1S/C11H17ClN2O2S/c1-7(2)14-6-9-4-10(12)5-11(8(9)3)17(13,15)16/h4-5,7,14H,6H2,1-3H3,(H2,13,15,16). The summed E-state index contributed by atoms with van der Waals surface area (Å²) in [5.74, 6) is 0. The molecule has 1 aromatic carbocycles. The third-order valence-electron chi connectivity index (χ3n) is 2.44. The summed E-state index contributed by atoms with van der Waals surface area (Å²) < 4.78 is 22.8. The molecule has 0 fully saturated rings. The zero-order valence-corrected chi connectivity index (χ0v) is 11.7. The van der Waals surface area contributed by atoms with Gasteiger partial charge in [0.15, 0.2) is 0 Å². The third kappa shape index (κ3) is 3.96. The summed E-state index contributed by atoms with van der Waals surface area (Å²) >= 11 is 5.90. The van der Waals surface area contributed by atoms with Crippen LogP contribution in [0.2, 0.25) is 5.02 Å². The van der Waals surface area contributed by atoms with Crippen molar-refractivity contribution in [1.82, 2.24) is 5.32 Å². The van der Waals surface area contributed by atoms with E-state index in [1.165, 1.54) is 6.07 Å². The van der Waals surface area contributed by atoms with Crippen molar-refractivity contribution in [1.29, 1.82) is 0 Å². The number of benzene rings is 1. The maximum Gasteiger partial charge on any atom is 0.238 e. The molecular formula is C11H17ClN2O2S. The maximum absolute atomic E-state index is 11.4. The van der Waals surface area contributed by atoms with Gasteiger partial charge in [-0.15, -0.1) is 0 Å². The number of sulfonamides is 1. The number of hydrogen-bond donors (Lipinski definition) is 2. The van der Waals surface area contributed by atoms with E-state index in [0.717, 1.165) is 5.56 Å². The Morgan fingerprint density at radius 2 is 2.00 bits per heavy atom. The normalized spacial score (nSPS) is 12.1. The molecule has 0 radical (unpaired) electrons. The second-order valence-electron chi connectivity index (χ2n) is 4.27. The summed E-state index contributed by atoms with van der Waals surface area (Å²) in [6.07, 6.45) is 0. The van der Waals surface area contributed by atoms with E-state index in [4.69, 9.17) is 16.7 Å². The van der Waals surface area contributed by atoms with E-state index in [1.54, 1.807) is 13.0 Å². The van der Waals surface area contributed by atoms with E-state index in [0.29, 0.717) is 23.2 Å². The van der Waals surface area contributed by atoms with Gasteiger partial charge in [-0.3, -0.25) is 0 Å². The summed E-state index contributed by atoms with van der Waals surface area (Å²) in [6, 6.07) is 3.44. The lowest BCUT2D eigenvalue weighted by Crippen LogP contribution is -2.23. The van der Waals surface area contributed by atoms with E-state index in [-0.39, 0.29) is 4.90 Å². The van der Waals surface area contributed by atoms with Crippen LogP contribution in [0.15, 0.2) is 17.0 Å². The lowest BCUT2D eigenvalue weighted by Gasteiger charge is -2.13. The molecule has 0 aliphatic carbocycles. The van der Waals surface area contributed by atoms with Gasteiger partial charge in [-0.1, -0.05) is 25.4 Å². The smallest absolute Gasteiger partial charge is 0.238 e. The Labute approximate surface area is 107 Å². The van der Waals surface area contributed by atoms with Gasteiger partial charge in [-0.25, -0.2) is 13.6 Å². The Kier molecular flexibility index (Phi) is 4.55. The van der Waals surface area contributed by atoms with E-state index in [1.807, 2.05) is 13.8 Å². The van der Waals surface area contributed by atoms with Gasteiger partial charge in [0.05, 0.1) is 4.90 Å². The molecule has 0 saturated heterocycles. The average molecular weight is 277 g/mol. The Morgan fingerprint density at radius 3 is 2.47 bits per heavy atom. The fourth-order valence-corrected chi connectivity index (χ4v) is 2.66. The Bertz CT molecular complexity index is 512. The van der Waals surface area contributed by atoms with Crippen LogP contribution in [0.5, 0.6) is 0 Å². The van der Waals surface area contributed by atoms with Crippen LogP contribution in [0.1, 0.15) is 25.0 Å². The third-order valence-corrected chi connectivity index (χ3v) is 3.69. The number of rotatable bonds is 4. The fourth-order valence-electron chi connectivity index (χ4n) is 1.50. The summed E-state index contributed by atoms with van der Waals surface area (Å²) in [4.78, 5) is 0.0885. The van der Waals surface area contributed by atoms with Crippen molar-refractivity contribution >= 4 is 21.6 Å². The van der Waals surface area contributed by atoms with Crippen LogP contribution in [0.25, 0.3) is 0 Å². The van der Waals surface area contributed by atoms with Crippen LogP contribution in [0, 0.1) is 6.92 Å². The van der Waals surface area contributed by atoms with Crippen LogP contribution in [-0.4, -0.2) is 14.5 Å². The topological polar surface area (TPSA) is 72.2 Å². The van der Waals surface area contributed by atoms with Gasteiger partial charge in [-0.05, 0) is 30.2 Å². The van der Waals surface area contributed by atoms with E-state index in [9.17, 15) is 8.42 Å². The molecule has 0 spiro atoms. The van der Waals surface area contributed by atoms with Crippen molar-refractivity contribution in [3.8, 4) is 0 Å². The number of hydrogen-bond acceptors (Lipinski definition) is 3. The van der Waals surface area contributed by atoms with Crippen molar-refractivity contribution in [2.45, 2.75) is 38.3 Å². The predicted octanol–water partition coefficient (Wildman–Crippen LogP) is 1.79. The van der Waals surface area contributed by atoms with Gasteiger partial charge in [-0.2, -0.15) is 0 Å². The molecule has 0 heterocycles. The number of halogens is 1. The lowest BCUT2D eigenvalue weighted by atomic mass is 10.1. The molecule has 96 valence electrons. The van der Waals surface area contributed by atoms with Crippen LogP contribution in [0.4, 0.5) is 0 Å². The number of nitrogens with one attached hydrogen (secondary N) is 1. The molecule has 1 rings (SSSR count). The van der Waals surface area contributed by atoms with Crippen molar-refractivity contribution in [2.24, 2.45) is 5.14 Å². The highest BCUT2D eigenvalue weighted by atomic mass is 35.5. The molecule has 0 atom stereocenters. The first kappa shape index (κ1) is 14.4. The highest BCUT2D eigenvalue weighted by Gasteiger charge is 2.15. The van der Waals surface area contributed by atoms with Gasteiger partial charge in [0.2, 0.25) is 10.0 Å². The van der Waals surface area contributed by atoms with E-state index >= 15 is 0 Å². The summed E-state index contributed by atoms with van der Waals surface area (Å²) in [5, 5.41) is 8.73. The molecule has 17 heavy (non-hydrogen) atoms. The zero-order chi connectivity index (χ0) is 13.2. The van der Waals surface area contributed by atoms with E-state index in [2.05, 4.69) is 5.32 Å². The van der Waals surface area contributed by atoms with Gasteiger partial charge >= 0.3 is 0 Å². The Morgan fingerprint density at radius 1 is 1.41 bits per heavy atom. The Hall–Kier alpha value is -0.620. The maximum atomic E-state index is 11.4. The van der Waals surface area contributed by atoms with Crippen molar-refractivity contribution in [3.05, 3.63) is 28.3 Å². The summed E-state index contributed by atoms with van der Waals surface area (Å²) in [7, 11) is -3.73. The first-order valence-electron chi connectivity index (χ1n) is 5.27. The average Bonchev–Trinajstić information content (AvgIpc) is 2.17. The van der Waals surface area contributed by atoms with Crippen LogP contribution < -0.4 is 10.5 Å². The summed E-state index contributed by atoms with van der Waals surface area (Å²) in [6.45, 7) is 6.32. The fraction of sp³-hybridized carbons (Fsp3) is 0.455. The highest BCUT2D eigenvalue weighted by molar-refractivity contribution is 7.89. The van der Waals surface area contributed by atoms with Crippen molar-refractivity contribution in [2.75, 3.05) is 0 Å². The quantitative estimate of drug-likeness (QED) is 0.881. The molecule has 0 aromatic heterocycles. The molecule has 0 saturated carbocycles. The molecule has 0 aliphatic heterocycles. The van der Waals surface area contributed by atoms with Gasteiger partial charge < -0.3 is 5.32 Å². The second kappa shape index (κ2) is 5.35. The molecule has 0 aliphatic rings. The highest BCUT2D eigenvalue weighted by Crippen LogP contribution is 2.23. The number of primary sulfonamides is 1. The second-order valence-corrected chi connectivity index (χ2v) is 6.23.